The summed E-state index contributed by atoms with van der Waals surface area (Å²) in [6.45, 7) is 6.68. The first kappa shape index (κ1) is 16.6. The maximum atomic E-state index is 6.50. The van der Waals surface area contributed by atoms with Gasteiger partial charge in [-0.2, -0.15) is 0 Å². The lowest BCUT2D eigenvalue weighted by molar-refractivity contribution is 0.378. The lowest BCUT2D eigenvalue weighted by atomic mass is 9.92. The molecule has 2 rings (SSSR count). The highest BCUT2D eigenvalue weighted by Gasteiger charge is 2.20. The van der Waals surface area contributed by atoms with Gasteiger partial charge < -0.3 is 10.6 Å². The van der Waals surface area contributed by atoms with Crippen molar-refractivity contribution in [2.75, 3.05) is 18.0 Å². The minimum absolute atomic E-state index is 0.233. The summed E-state index contributed by atoms with van der Waals surface area (Å²) in [5.74, 6) is 0.909. The number of anilines is 1. The number of nitrogens with two attached hydrogens (primary N) is 1. The molecule has 0 bridgehead atoms. The summed E-state index contributed by atoms with van der Waals surface area (Å²) in [5, 5.41) is 0.879. The van der Waals surface area contributed by atoms with Crippen LogP contribution in [0.4, 0.5) is 5.69 Å². The Morgan fingerprint density at radius 1 is 1.29 bits per heavy atom. The highest BCUT2D eigenvalue weighted by Crippen LogP contribution is 2.31. The SMILES string of the molecule is CCCC1CCN(c2ccc(CC(N)CC)cc2Cl)CC1. The van der Waals surface area contributed by atoms with Crippen molar-refractivity contribution in [1.29, 1.82) is 0 Å². The second kappa shape index (κ2) is 8.05. The first-order chi connectivity index (χ1) is 10.1. The van der Waals surface area contributed by atoms with Gasteiger partial charge in [-0.05, 0) is 49.3 Å². The zero-order chi connectivity index (χ0) is 15.2. The molecular formula is C18H29ClN2. The molecule has 1 atom stereocenters. The molecule has 1 heterocycles. The molecule has 0 amide bonds. The van der Waals surface area contributed by atoms with E-state index >= 15 is 0 Å². The van der Waals surface area contributed by atoms with Gasteiger partial charge in [0.05, 0.1) is 10.7 Å². The molecule has 2 nitrogen and oxygen atoms in total. The molecule has 21 heavy (non-hydrogen) atoms. The topological polar surface area (TPSA) is 29.3 Å². The fraction of sp³-hybridized carbons (Fsp3) is 0.667. The van der Waals surface area contributed by atoms with Crippen molar-refractivity contribution in [1.82, 2.24) is 0 Å². The first-order valence-corrected chi connectivity index (χ1v) is 8.80. The van der Waals surface area contributed by atoms with Crippen LogP contribution in [0.25, 0.3) is 0 Å². The van der Waals surface area contributed by atoms with E-state index in [1.54, 1.807) is 0 Å². The van der Waals surface area contributed by atoms with Crippen LogP contribution in [-0.2, 0) is 6.42 Å². The zero-order valence-electron chi connectivity index (χ0n) is 13.4. The Kier molecular flexibility index (Phi) is 6.38. The van der Waals surface area contributed by atoms with E-state index in [1.165, 1.54) is 36.9 Å². The van der Waals surface area contributed by atoms with Crippen molar-refractivity contribution < 1.29 is 0 Å². The monoisotopic (exact) mass is 308 g/mol. The van der Waals surface area contributed by atoms with E-state index in [9.17, 15) is 0 Å². The Hall–Kier alpha value is -0.730. The van der Waals surface area contributed by atoms with Gasteiger partial charge in [-0.15, -0.1) is 0 Å². The molecule has 1 fully saturated rings. The summed E-state index contributed by atoms with van der Waals surface area (Å²) in [6.07, 6.45) is 7.19. The van der Waals surface area contributed by atoms with E-state index in [0.29, 0.717) is 0 Å². The van der Waals surface area contributed by atoms with E-state index in [4.69, 9.17) is 17.3 Å². The lowest BCUT2D eigenvalue weighted by Gasteiger charge is -2.34. The number of nitrogens with zero attached hydrogens (tertiary/aromatic N) is 1. The molecule has 0 saturated carbocycles. The van der Waals surface area contributed by atoms with Gasteiger partial charge in [0.15, 0.2) is 0 Å². The summed E-state index contributed by atoms with van der Waals surface area (Å²) < 4.78 is 0. The Morgan fingerprint density at radius 2 is 2.00 bits per heavy atom. The minimum atomic E-state index is 0.233. The lowest BCUT2D eigenvalue weighted by Crippen LogP contribution is -2.33. The van der Waals surface area contributed by atoms with E-state index in [2.05, 4.69) is 36.9 Å². The van der Waals surface area contributed by atoms with Gasteiger partial charge in [0.1, 0.15) is 0 Å². The average Bonchev–Trinajstić information content (AvgIpc) is 2.49. The number of hydrogen-bond donors (Lipinski definition) is 1. The second-order valence-electron chi connectivity index (χ2n) is 6.38. The van der Waals surface area contributed by atoms with Crippen molar-refractivity contribution in [2.45, 2.75) is 58.4 Å². The first-order valence-electron chi connectivity index (χ1n) is 8.43. The smallest absolute Gasteiger partial charge is 0.0642 e. The van der Waals surface area contributed by atoms with Crippen LogP contribution in [-0.4, -0.2) is 19.1 Å². The summed E-state index contributed by atoms with van der Waals surface area (Å²) in [5.41, 5.74) is 8.47. The highest BCUT2D eigenvalue weighted by atomic mass is 35.5. The van der Waals surface area contributed by atoms with Crippen molar-refractivity contribution in [3.8, 4) is 0 Å². The third kappa shape index (κ3) is 4.62. The van der Waals surface area contributed by atoms with Crippen LogP contribution in [0.3, 0.4) is 0 Å². The van der Waals surface area contributed by atoms with Gasteiger partial charge in [0.2, 0.25) is 0 Å². The predicted molar refractivity (Wildman–Crippen MR) is 93.3 cm³/mol. The largest absolute Gasteiger partial charge is 0.370 e. The fourth-order valence-electron chi connectivity index (χ4n) is 3.25. The van der Waals surface area contributed by atoms with E-state index < -0.39 is 0 Å². The summed E-state index contributed by atoms with van der Waals surface area (Å²) in [7, 11) is 0. The van der Waals surface area contributed by atoms with Gasteiger partial charge in [0.25, 0.3) is 0 Å². The normalized spacial score (nSPS) is 18.0. The number of hydrogen-bond acceptors (Lipinski definition) is 2. The van der Waals surface area contributed by atoms with Crippen molar-refractivity contribution in [3.63, 3.8) is 0 Å². The molecule has 3 heteroatoms. The maximum absolute atomic E-state index is 6.50. The van der Waals surface area contributed by atoms with Crippen LogP contribution in [0.1, 0.15) is 51.5 Å². The van der Waals surface area contributed by atoms with Gasteiger partial charge >= 0.3 is 0 Å². The average molecular weight is 309 g/mol. The third-order valence-corrected chi connectivity index (χ3v) is 4.99. The number of halogens is 1. The third-order valence-electron chi connectivity index (χ3n) is 4.69. The molecule has 2 N–H and O–H groups in total. The molecule has 0 radical (unpaired) electrons. The quantitative estimate of drug-likeness (QED) is 0.829. The fourth-order valence-corrected chi connectivity index (χ4v) is 3.57. The number of piperidine rings is 1. The molecule has 1 unspecified atom stereocenters. The summed E-state index contributed by atoms with van der Waals surface area (Å²) in [4.78, 5) is 2.44. The van der Waals surface area contributed by atoms with Crippen molar-refractivity contribution >= 4 is 17.3 Å². The predicted octanol–water partition coefficient (Wildman–Crippen LogP) is 4.64. The standard InChI is InChI=1S/C18H29ClN2/c1-3-5-14-8-10-21(11-9-14)18-7-6-15(13-17(18)19)12-16(20)4-2/h6-7,13-14,16H,3-5,8-12,20H2,1-2H3. The molecular weight excluding hydrogens is 280 g/mol. The highest BCUT2D eigenvalue weighted by molar-refractivity contribution is 6.33. The van der Waals surface area contributed by atoms with Crippen LogP contribution >= 0.6 is 11.6 Å². The molecule has 0 spiro atoms. The van der Waals surface area contributed by atoms with Crippen LogP contribution in [0.5, 0.6) is 0 Å². The van der Waals surface area contributed by atoms with Crippen molar-refractivity contribution in [2.24, 2.45) is 11.7 Å². The molecule has 1 saturated heterocycles. The maximum Gasteiger partial charge on any atom is 0.0642 e. The molecule has 118 valence electrons. The van der Waals surface area contributed by atoms with E-state index in [1.807, 2.05) is 0 Å². The Labute approximate surface area is 134 Å². The van der Waals surface area contributed by atoms with E-state index in [0.717, 1.165) is 36.9 Å². The minimum Gasteiger partial charge on any atom is -0.370 e. The van der Waals surface area contributed by atoms with E-state index in [-0.39, 0.29) is 6.04 Å². The van der Waals surface area contributed by atoms with Crippen LogP contribution in [0, 0.1) is 5.92 Å². The molecule has 1 aromatic carbocycles. The van der Waals surface area contributed by atoms with Gasteiger partial charge in [0, 0.05) is 19.1 Å². The van der Waals surface area contributed by atoms with Gasteiger partial charge in [-0.3, -0.25) is 0 Å². The number of benzene rings is 1. The van der Waals surface area contributed by atoms with Crippen LogP contribution < -0.4 is 10.6 Å². The zero-order valence-corrected chi connectivity index (χ0v) is 14.2. The Bertz CT molecular complexity index is 439. The number of rotatable bonds is 6. The summed E-state index contributed by atoms with van der Waals surface area (Å²) in [6, 6.07) is 6.70. The molecule has 1 aliphatic rings. The van der Waals surface area contributed by atoms with Crippen LogP contribution in [0.15, 0.2) is 18.2 Å². The van der Waals surface area contributed by atoms with Gasteiger partial charge in [-0.25, -0.2) is 0 Å². The molecule has 0 aromatic heterocycles. The molecule has 1 aliphatic heterocycles. The Balaban J connectivity index is 1.98. The van der Waals surface area contributed by atoms with Gasteiger partial charge in [-0.1, -0.05) is 44.4 Å². The van der Waals surface area contributed by atoms with Crippen LogP contribution in [0.2, 0.25) is 5.02 Å². The molecule has 0 aliphatic carbocycles. The summed E-state index contributed by atoms with van der Waals surface area (Å²) >= 11 is 6.50. The second-order valence-corrected chi connectivity index (χ2v) is 6.78. The molecule has 1 aromatic rings. The van der Waals surface area contributed by atoms with Crippen molar-refractivity contribution in [3.05, 3.63) is 28.8 Å². The Morgan fingerprint density at radius 3 is 2.57 bits per heavy atom.